The second kappa shape index (κ2) is 10.2. The summed E-state index contributed by atoms with van der Waals surface area (Å²) in [6.07, 6.45) is 1.08. The van der Waals surface area contributed by atoms with Gasteiger partial charge in [-0.05, 0) is 6.07 Å². The van der Waals surface area contributed by atoms with E-state index in [1.165, 1.54) is 17.8 Å². The average Bonchev–Trinajstić information content (AvgIpc) is 3.11. The first kappa shape index (κ1) is 20.3. The summed E-state index contributed by atoms with van der Waals surface area (Å²) in [4.78, 5) is 0. The molecule has 0 radical (unpaired) electrons. The molecule has 7 heteroatoms. The lowest BCUT2D eigenvalue weighted by Crippen LogP contribution is -2.18. The number of aliphatic hydroxyl groups excluding tert-OH is 1. The van der Waals surface area contributed by atoms with E-state index in [-0.39, 0.29) is 19.0 Å². The number of aliphatic hydroxyl groups is 1. The van der Waals surface area contributed by atoms with Crippen molar-refractivity contribution in [3.63, 3.8) is 0 Å². The molecule has 0 unspecified atom stereocenters. The molecule has 1 aromatic heterocycles. The van der Waals surface area contributed by atoms with Gasteiger partial charge in [0.25, 0.3) is 0 Å². The van der Waals surface area contributed by atoms with Gasteiger partial charge in [0.1, 0.15) is 5.82 Å². The number of thioether (sulfide) groups is 1. The highest BCUT2D eigenvalue weighted by Crippen LogP contribution is 2.24. The molecule has 1 N–H and O–H groups in total. The van der Waals surface area contributed by atoms with E-state index < -0.39 is 6.10 Å². The monoisotopic (exact) mass is 399 g/mol. The van der Waals surface area contributed by atoms with Crippen LogP contribution in [-0.4, -0.2) is 38.3 Å². The van der Waals surface area contributed by atoms with E-state index >= 15 is 0 Å². The minimum Gasteiger partial charge on any atom is -0.390 e. The molecule has 0 amide bonds. The fraction of sp³-hybridized carbons (Fsp3) is 0.238. The smallest absolute Gasteiger partial charge is 0.191 e. The van der Waals surface area contributed by atoms with Crippen LogP contribution in [0.15, 0.2) is 72.4 Å². The predicted octanol–water partition coefficient (Wildman–Crippen LogP) is 3.94. The van der Waals surface area contributed by atoms with Gasteiger partial charge in [-0.25, -0.2) is 4.39 Å². The van der Waals surface area contributed by atoms with E-state index in [4.69, 9.17) is 4.74 Å². The summed E-state index contributed by atoms with van der Waals surface area (Å²) in [6.45, 7) is 4.60. The summed E-state index contributed by atoms with van der Waals surface area (Å²) in [5.41, 5.74) is 1.44. The minimum absolute atomic E-state index is 0.114. The number of ether oxygens (including phenoxy) is 1. The number of benzene rings is 2. The predicted molar refractivity (Wildman–Crippen MR) is 108 cm³/mol. The Bertz CT molecular complexity index is 902. The van der Waals surface area contributed by atoms with E-state index in [0.29, 0.717) is 23.0 Å². The van der Waals surface area contributed by atoms with Crippen LogP contribution >= 0.6 is 11.8 Å². The third-order valence-electron chi connectivity index (χ3n) is 3.99. The molecule has 0 saturated heterocycles. The maximum Gasteiger partial charge on any atom is 0.191 e. The van der Waals surface area contributed by atoms with Crippen LogP contribution < -0.4 is 0 Å². The fourth-order valence-electron chi connectivity index (χ4n) is 2.63. The van der Waals surface area contributed by atoms with Crippen LogP contribution in [0.3, 0.4) is 0 Å². The van der Waals surface area contributed by atoms with Gasteiger partial charge in [-0.3, -0.25) is 4.57 Å². The Balaban J connectivity index is 1.56. The number of hydrogen-bond acceptors (Lipinski definition) is 5. The molecule has 0 bridgehead atoms. The second-order valence-electron chi connectivity index (χ2n) is 6.14. The van der Waals surface area contributed by atoms with Gasteiger partial charge in [0.05, 0.1) is 19.3 Å². The Morgan fingerprint density at radius 1 is 1.14 bits per heavy atom. The lowest BCUT2D eigenvalue weighted by Gasteiger charge is -2.12. The molecule has 5 nitrogen and oxygen atoms in total. The highest BCUT2D eigenvalue weighted by molar-refractivity contribution is 7.99. The number of hydrogen-bond donors (Lipinski definition) is 1. The van der Waals surface area contributed by atoms with Crippen LogP contribution in [0.1, 0.15) is 5.56 Å². The molecule has 28 heavy (non-hydrogen) atoms. The first-order valence-corrected chi connectivity index (χ1v) is 9.89. The Kier molecular flexibility index (Phi) is 7.36. The summed E-state index contributed by atoms with van der Waals surface area (Å²) in [5, 5.41) is 19.4. The highest BCUT2D eigenvalue weighted by Gasteiger charge is 2.15. The van der Waals surface area contributed by atoms with Gasteiger partial charge in [0.15, 0.2) is 11.0 Å². The van der Waals surface area contributed by atoms with Crippen molar-refractivity contribution in [2.45, 2.75) is 24.4 Å². The molecule has 0 saturated carbocycles. The molecule has 3 aromatic rings. The van der Waals surface area contributed by atoms with Gasteiger partial charge < -0.3 is 9.84 Å². The minimum atomic E-state index is -0.703. The van der Waals surface area contributed by atoms with Crippen LogP contribution in [-0.2, 0) is 17.9 Å². The van der Waals surface area contributed by atoms with Gasteiger partial charge in [-0.1, -0.05) is 66.4 Å². The van der Waals surface area contributed by atoms with Gasteiger partial charge in [-0.2, -0.15) is 0 Å². The molecule has 2 aromatic carbocycles. The standard InChI is InChI=1S/C21H22FN3O2S/c1-2-12-25-20(16-8-4-3-5-9-16)23-24-21(25)28-15-18(26)14-27-13-17-10-6-7-11-19(17)22/h2-11,18,26H,1,12-15H2/t18-/m0/s1. The largest absolute Gasteiger partial charge is 0.390 e. The van der Waals surface area contributed by atoms with E-state index in [9.17, 15) is 9.50 Å². The molecule has 0 aliphatic carbocycles. The molecular formula is C21H22FN3O2S. The third-order valence-corrected chi connectivity index (χ3v) is 5.10. The summed E-state index contributed by atoms with van der Waals surface area (Å²) < 4.78 is 21.0. The van der Waals surface area contributed by atoms with Crippen molar-refractivity contribution >= 4 is 11.8 Å². The Morgan fingerprint density at radius 3 is 2.64 bits per heavy atom. The van der Waals surface area contributed by atoms with Crippen molar-refractivity contribution in [2.75, 3.05) is 12.4 Å². The highest BCUT2D eigenvalue weighted by atomic mass is 32.2. The first-order chi connectivity index (χ1) is 13.7. The number of allylic oxidation sites excluding steroid dienone is 1. The molecule has 0 aliphatic rings. The average molecular weight is 399 g/mol. The number of halogens is 1. The molecule has 1 atom stereocenters. The van der Waals surface area contributed by atoms with E-state index in [1.54, 1.807) is 24.3 Å². The Hall–Kier alpha value is -2.48. The van der Waals surface area contributed by atoms with Crippen molar-refractivity contribution in [3.05, 3.63) is 78.6 Å². The maximum absolute atomic E-state index is 13.6. The van der Waals surface area contributed by atoms with Gasteiger partial charge >= 0.3 is 0 Å². The van der Waals surface area contributed by atoms with Crippen molar-refractivity contribution in [1.29, 1.82) is 0 Å². The van der Waals surface area contributed by atoms with Crippen LogP contribution in [0.2, 0.25) is 0 Å². The molecular weight excluding hydrogens is 377 g/mol. The van der Waals surface area contributed by atoms with E-state index in [0.717, 1.165) is 11.4 Å². The number of nitrogens with zero attached hydrogens (tertiary/aromatic N) is 3. The SMILES string of the molecule is C=CCn1c(SC[C@@H](O)COCc2ccccc2F)nnc1-c1ccccc1. The molecule has 146 valence electrons. The normalized spacial score (nSPS) is 12.1. The summed E-state index contributed by atoms with van der Waals surface area (Å²) in [6, 6.07) is 16.2. The van der Waals surface area contributed by atoms with E-state index in [2.05, 4.69) is 16.8 Å². The van der Waals surface area contributed by atoms with Gasteiger partial charge in [-0.15, -0.1) is 16.8 Å². The quantitative estimate of drug-likeness (QED) is 0.413. The molecule has 0 spiro atoms. The Labute approximate surface area is 167 Å². The van der Waals surface area contributed by atoms with Crippen LogP contribution in [0.4, 0.5) is 4.39 Å². The first-order valence-electron chi connectivity index (χ1n) is 8.90. The third kappa shape index (κ3) is 5.28. The summed E-state index contributed by atoms with van der Waals surface area (Å²) in [5.74, 6) is 0.840. The van der Waals surface area contributed by atoms with Crippen molar-refractivity contribution in [1.82, 2.24) is 14.8 Å². The fourth-order valence-corrected chi connectivity index (χ4v) is 3.48. The topological polar surface area (TPSA) is 60.2 Å². The van der Waals surface area contributed by atoms with Crippen molar-refractivity contribution in [3.8, 4) is 11.4 Å². The zero-order valence-electron chi connectivity index (χ0n) is 15.4. The zero-order valence-corrected chi connectivity index (χ0v) is 16.2. The molecule has 1 heterocycles. The van der Waals surface area contributed by atoms with Crippen LogP contribution in [0.25, 0.3) is 11.4 Å². The van der Waals surface area contributed by atoms with Crippen molar-refractivity contribution in [2.24, 2.45) is 0 Å². The van der Waals surface area contributed by atoms with E-state index in [1.807, 2.05) is 34.9 Å². The molecule has 0 fully saturated rings. The summed E-state index contributed by atoms with van der Waals surface area (Å²) in [7, 11) is 0. The zero-order chi connectivity index (χ0) is 19.8. The number of aromatic nitrogens is 3. The Morgan fingerprint density at radius 2 is 1.89 bits per heavy atom. The van der Waals surface area contributed by atoms with Crippen molar-refractivity contribution < 1.29 is 14.2 Å². The van der Waals surface area contributed by atoms with Crippen LogP contribution in [0, 0.1) is 5.82 Å². The maximum atomic E-state index is 13.6. The lowest BCUT2D eigenvalue weighted by molar-refractivity contribution is 0.0386. The summed E-state index contributed by atoms with van der Waals surface area (Å²) >= 11 is 1.40. The molecule has 3 rings (SSSR count). The van der Waals surface area contributed by atoms with Gasteiger partial charge in [0.2, 0.25) is 0 Å². The van der Waals surface area contributed by atoms with Crippen LogP contribution in [0.5, 0.6) is 0 Å². The second-order valence-corrected chi connectivity index (χ2v) is 7.13. The van der Waals surface area contributed by atoms with Gasteiger partial charge in [0, 0.05) is 23.4 Å². The lowest BCUT2D eigenvalue weighted by atomic mass is 10.2. The number of rotatable bonds is 10. The molecule has 0 aliphatic heterocycles.